The second-order valence-corrected chi connectivity index (χ2v) is 2.88. The van der Waals surface area contributed by atoms with E-state index in [9.17, 15) is 0 Å². The Labute approximate surface area is 110 Å². The van der Waals surface area contributed by atoms with Crippen molar-refractivity contribution >= 4 is 17.3 Å². The molecule has 1 amide bonds. The summed E-state index contributed by atoms with van der Waals surface area (Å²) in [5.74, 6) is 0. The predicted octanol–water partition coefficient (Wildman–Crippen LogP) is 2.52. The summed E-state index contributed by atoms with van der Waals surface area (Å²) in [5, 5.41) is 3.53. The van der Waals surface area contributed by atoms with E-state index in [1.165, 1.54) is 10.9 Å². The maximum absolute atomic E-state index is 9.06. The molecule has 4 heteroatoms. The summed E-state index contributed by atoms with van der Waals surface area (Å²) in [4.78, 5) is 12.2. The molecule has 0 fully saturated rings. The number of nitrogens with one attached hydrogen (secondary N) is 2. The summed E-state index contributed by atoms with van der Waals surface area (Å²) in [6.07, 6.45) is 2.57. The van der Waals surface area contributed by atoms with E-state index in [2.05, 4.69) is 28.5 Å². The lowest BCUT2D eigenvalue weighted by atomic mass is 10.3. The third-order valence-electron chi connectivity index (χ3n) is 1.58. The smallest absolute Gasteiger partial charge is 0.206 e. The van der Waals surface area contributed by atoms with Gasteiger partial charge in [-0.3, -0.25) is 4.79 Å². The third kappa shape index (κ3) is 9.42. The molecule has 0 saturated carbocycles. The predicted molar refractivity (Wildman–Crippen MR) is 79.5 cm³/mol. The van der Waals surface area contributed by atoms with E-state index in [0.717, 1.165) is 6.54 Å². The quantitative estimate of drug-likeness (QED) is 0.681. The zero-order valence-electron chi connectivity index (χ0n) is 11.7. The summed E-state index contributed by atoms with van der Waals surface area (Å²) >= 11 is 0. The Morgan fingerprint density at radius 3 is 2.22 bits per heavy atom. The van der Waals surface area contributed by atoms with E-state index in [1.807, 2.05) is 39.1 Å². The molecule has 4 N–H and O–H groups in total. The van der Waals surface area contributed by atoms with Crippen molar-refractivity contribution in [2.45, 2.75) is 20.8 Å². The first-order chi connectivity index (χ1) is 8.79. The van der Waals surface area contributed by atoms with Crippen LogP contribution >= 0.6 is 0 Å². The van der Waals surface area contributed by atoms with Gasteiger partial charge in [-0.25, -0.2) is 0 Å². The molecule has 1 aromatic heterocycles. The lowest BCUT2D eigenvalue weighted by molar-refractivity contribution is -0.109. The SMILES string of the molecule is CC.CCN.CNC=O.c1ccc2[nH]ccc2c1. The average molecular weight is 251 g/mol. The molecule has 2 aromatic rings. The summed E-state index contributed by atoms with van der Waals surface area (Å²) in [7, 11) is 1.56. The summed E-state index contributed by atoms with van der Waals surface area (Å²) in [6.45, 7) is 6.65. The van der Waals surface area contributed by atoms with E-state index in [4.69, 9.17) is 10.5 Å². The van der Waals surface area contributed by atoms with Crippen molar-refractivity contribution < 1.29 is 4.79 Å². The van der Waals surface area contributed by atoms with Crippen LogP contribution in [0, 0.1) is 0 Å². The summed E-state index contributed by atoms with van der Waals surface area (Å²) in [5.41, 5.74) is 6.05. The molecule has 4 nitrogen and oxygen atoms in total. The van der Waals surface area contributed by atoms with Gasteiger partial charge >= 0.3 is 0 Å². The molecule has 0 spiro atoms. The Kier molecular flexibility index (Phi) is 15.7. The maximum Gasteiger partial charge on any atom is 0.206 e. The van der Waals surface area contributed by atoms with Crippen LogP contribution in [0.25, 0.3) is 10.9 Å². The number of H-pyrrole nitrogens is 1. The number of amides is 1. The fraction of sp³-hybridized carbons (Fsp3) is 0.357. The van der Waals surface area contributed by atoms with Crippen LogP contribution in [0.1, 0.15) is 20.8 Å². The number of hydrogen-bond acceptors (Lipinski definition) is 2. The molecule has 2 rings (SSSR count). The molecule has 0 aliphatic carbocycles. The molecule has 1 aromatic carbocycles. The number of aromatic amines is 1. The van der Waals surface area contributed by atoms with Crippen LogP contribution in [0.15, 0.2) is 36.5 Å². The largest absolute Gasteiger partial charge is 0.362 e. The number of carbonyl (C=O) groups excluding carboxylic acids is 1. The number of benzene rings is 1. The molecule has 0 atom stereocenters. The van der Waals surface area contributed by atoms with Crippen molar-refractivity contribution in [2.75, 3.05) is 13.6 Å². The van der Waals surface area contributed by atoms with E-state index in [-0.39, 0.29) is 0 Å². The summed E-state index contributed by atoms with van der Waals surface area (Å²) < 4.78 is 0. The Bertz CT molecular complexity index is 355. The van der Waals surface area contributed by atoms with Gasteiger partial charge in [-0.1, -0.05) is 39.0 Å². The number of hydrogen-bond donors (Lipinski definition) is 3. The van der Waals surface area contributed by atoms with Gasteiger partial charge < -0.3 is 16.0 Å². The Hall–Kier alpha value is -1.81. The first kappa shape index (κ1) is 18.6. The van der Waals surface area contributed by atoms with E-state index < -0.39 is 0 Å². The Morgan fingerprint density at radius 2 is 1.78 bits per heavy atom. The number of nitrogens with two attached hydrogens (primary N) is 1. The zero-order chi connectivity index (χ0) is 14.2. The molecule has 102 valence electrons. The molecule has 0 aliphatic rings. The monoisotopic (exact) mass is 251 g/mol. The van der Waals surface area contributed by atoms with Gasteiger partial charge in [-0.15, -0.1) is 0 Å². The van der Waals surface area contributed by atoms with Crippen molar-refractivity contribution in [3.8, 4) is 0 Å². The number of rotatable bonds is 1. The minimum absolute atomic E-state index is 0.625. The lowest BCUT2D eigenvalue weighted by Crippen LogP contribution is -1.98. The van der Waals surface area contributed by atoms with Gasteiger partial charge in [0.1, 0.15) is 0 Å². The highest BCUT2D eigenvalue weighted by Crippen LogP contribution is 2.09. The third-order valence-corrected chi connectivity index (χ3v) is 1.58. The fourth-order valence-electron chi connectivity index (χ4n) is 0.995. The second kappa shape index (κ2) is 15.2. The van der Waals surface area contributed by atoms with Gasteiger partial charge in [0, 0.05) is 18.8 Å². The highest BCUT2D eigenvalue weighted by atomic mass is 16.1. The number of fused-ring (bicyclic) bond motifs is 1. The Morgan fingerprint density at radius 1 is 1.28 bits per heavy atom. The van der Waals surface area contributed by atoms with Gasteiger partial charge in [0.25, 0.3) is 0 Å². The van der Waals surface area contributed by atoms with E-state index in [1.54, 1.807) is 7.05 Å². The zero-order valence-corrected chi connectivity index (χ0v) is 11.7. The van der Waals surface area contributed by atoms with Crippen molar-refractivity contribution in [1.29, 1.82) is 0 Å². The van der Waals surface area contributed by atoms with Crippen LogP contribution in [-0.2, 0) is 4.79 Å². The van der Waals surface area contributed by atoms with Crippen LogP contribution in [0.4, 0.5) is 0 Å². The van der Waals surface area contributed by atoms with Crippen molar-refractivity contribution in [3.63, 3.8) is 0 Å². The highest BCUT2D eigenvalue weighted by Gasteiger charge is 1.86. The highest BCUT2D eigenvalue weighted by molar-refractivity contribution is 5.78. The van der Waals surface area contributed by atoms with Gasteiger partial charge in [0.2, 0.25) is 6.41 Å². The first-order valence-electron chi connectivity index (χ1n) is 6.13. The van der Waals surface area contributed by atoms with Crippen LogP contribution in [0.2, 0.25) is 0 Å². The van der Waals surface area contributed by atoms with Gasteiger partial charge in [0.05, 0.1) is 0 Å². The van der Waals surface area contributed by atoms with E-state index >= 15 is 0 Å². The number of aromatic nitrogens is 1. The molecular weight excluding hydrogens is 226 g/mol. The van der Waals surface area contributed by atoms with Crippen molar-refractivity contribution in [3.05, 3.63) is 36.5 Å². The van der Waals surface area contributed by atoms with Gasteiger partial charge in [-0.2, -0.15) is 0 Å². The molecule has 0 saturated heterocycles. The molecule has 0 radical (unpaired) electrons. The van der Waals surface area contributed by atoms with Crippen LogP contribution in [-0.4, -0.2) is 25.0 Å². The number of para-hydroxylation sites is 1. The Balaban J connectivity index is 0. The molecule has 0 bridgehead atoms. The van der Waals surface area contributed by atoms with Crippen LogP contribution < -0.4 is 11.1 Å². The second-order valence-electron chi connectivity index (χ2n) is 2.88. The summed E-state index contributed by atoms with van der Waals surface area (Å²) in [6, 6.07) is 10.3. The molecule has 18 heavy (non-hydrogen) atoms. The maximum atomic E-state index is 9.06. The van der Waals surface area contributed by atoms with Crippen molar-refractivity contribution in [1.82, 2.24) is 10.3 Å². The molecule has 1 heterocycles. The normalized spacial score (nSPS) is 7.61. The standard InChI is InChI=1S/C8H7N.C2H5NO.C2H7N.C2H6/c1-2-4-8-7(3-1)5-6-9-8;1-3-2-4;1-2-3;1-2/h1-6,9H;2H,1H3,(H,3,4);2-3H2,1H3;1-2H3. The minimum Gasteiger partial charge on any atom is -0.362 e. The lowest BCUT2D eigenvalue weighted by Gasteiger charge is -1.83. The molecular formula is C14H25N3O. The first-order valence-corrected chi connectivity index (χ1v) is 6.13. The fourth-order valence-corrected chi connectivity index (χ4v) is 0.995. The van der Waals surface area contributed by atoms with Crippen LogP contribution in [0.3, 0.4) is 0 Å². The van der Waals surface area contributed by atoms with Crippen LogP contribution in [0.5, 0.6) is 0 Å². The van der Waals surface area contributed by atoms with Gasteiger partial charge in [0.15, 0.2) is 0 Å². The van der Waals surface area contributed by atoms with Gasteiger partial charge in [-0.05, 0) is 24.1 Å². The average Bonchev–Trinajstić information content (AvgIpc) is 2.90. The van der Waals surface area contributed by atoms with Crippen molar-refractivity contribution in [2.24, 2.45) is 5.73 Å². The topological polar surface area (TPSA) is 70.9 Å². The molecule has 0 aliphatic heterocycles. The molecule has 0 unspecified atom stereocenters. The minimum atomic E-state index is 0.625. The van der Waals surface area contributed by atoms with E-state index in [0.29, 0.717) is 6.41 Å². The number of carbonyl (C=O) groups is 1.